The molecule has 1 amide bonds. The number of esters is 1. The van der Waals surface area contributed by atoms with Crippen LogP contribution in [0.1, 0.15) is 12.5 Å². The summed E-state index contributed by atoms with van der Waals surface area (Å²) < 4.78 is 31.0. The Bertz CT molecular complexity index is 801. The Labute approximate surface area is 139 Å². The molecule has 0 aromatic heterocycles. The molecule has 1 aromatic carbocycles. The van der Waals surface area contributed by atoms with E-state index in [-0.39, 0.29) is 17.3 Å². The molecule has 1 atom stereocenters. The fourth-order valence-corrected chi connectivity index (χ4v) is 3.25. The summed E-state index contributed by atoms with van der Waals surface area (Å²) in [4.78, 5) is 27.4. The molecule has 1 aromatic rings. The molecular formula is C15H17N3O5S. The van der Waals surface area contributed by atoms with Gasteiger partial charge in [-0.05, 0) is 19.1 Å². The smallest absolute Gasteiger partial charge is 0.328 e. The van der Waals surface area contributed by atoms with Gasteiger partial charge in [-0.1, -0.05) is 18.2 Å². The first-order valence-electron chi connectivity index (χ1n) is 7.10. The van der Waals surface area contributed by atoms with Gasteiger partial charge in [0.15, 0.2) is 6.10 Å². The Balaban J connectivity index is 2.00. The van der Waals surface area contributed by atoms with Crippen LogP contribution >= 0.6 is 0 Å². The maximum absolute atomic E-state index is 11.9. The summed E-state index contributed by atoms with van der Waals surface area (Å²) in [6.45, 7) is 4.74. The molecule has 0 aliphatic carbocycles. The van der Waals surface area contributed by atoms with Crippen molar-refractivity contribution in [3.8, 4) is 0 Å². The highest BCUT2D eigenvalue weighted by atomic mass is 32.2. The van der Waals surface area contributed by atoms with Crippen LogP contribution < -0.4 is 10.0 Å². The van der Waals surface area contributed by atoms with E-state index in [0.717, 1.165) is 0 Å². The monoisotopic (exact) mass is 351 g/mol. The first-order valence-corrected chi connectivity index (χ1v) is 8.58. The van der Waals surface area contributed by atoms with Crippen LogP contribution in [-0.2, 0) is 24.3 Å². The van der Waals surface area contributed by atoms with E-state index in [9.17, 15) is 18.0 Å². The van der Waals surface area contributed by atoms with E-state index < -0.39 is 34.5 Å². The molecule has 1 aliphatic heterocycles. The summed E-state index contributed by atoms with van der Waals surface area (Å²) in [6.07, 6.45) is 0.521. The second kappa shape index (κ2) is 7.26. The van der Waals surface area contributed by atoms with E-state index in [1.807, 2.05) is 0 Å². The number of carbonyl (C=O) groups is 2. The molecule has 8 nitrogen and oxygen atoms in total. The summed E-state index contributed by atoms with van der Waals surface area (Å²) in [5.41, 5.74) is 0.391. The number of hydrogen-bond acceptors (Lipinski definition) is 6. The molecule has 0 bridgehead atoms. The van der Waals surface area contributed by atoms with Gasteiger partial charge in [-0.15, -0.1) is 6.58 Å². The van der Waals surface area contributed by atoms with E-state index in [1.165, 1.54) is 19.1 Å². The van der Waals surface area contributed by atoms with E-state index in [4.69, 9.17) is 4.74 Å². The average molecular weight is 351 g/mol. The third-order valence-corrected chi connectivity index (χ3v) is 4.52. The minimum Gasteiger partial charge on any atom is -0.451 e. The van der Waals surface area contributed by atoms with Gasteiger partial charge in [0.25, 0.3) is 15.9 Å². The molecule has 2 N–H and O–H groups in total. The van der Waals surface area contributed by atoms with Gasteiger partial charge in [-0.25, -0.2) is 8.42 Å². The number of carbonyl (C=O) groups excluding carboxylic acids is 2. The standard InChI is InChI=1S/C15H17N3O5S/c1-3-8-16-15(20)10(2)23-13(19)9-17-14-11-6-4-5-7-12(11)24(21,22)18-14/h3-7,10H,1,8-9H2,2H3,(H,16,20)(H,17,18)/t10-/m1/s1. The number of sulfonamides is 1. The normalized spacial score (nSPS) is 17.5. The number of nitrogens with zero attached hydrogens (tertiary/aromatic N) is 1. The first kappa shape index (κ1) is 17.7. The predicted molar refractivity (Wildman–Crippen MR) is 86.9 cm³/mol. The molecular weight excluding hydrogens is 334 g/mol. The molecule has 0 saturated heterocycles. The van der Waals surface area contributed by atoms with Crippen molar-refractivity contribution in [2.24, 2.45) is 4.99 Å². The van der Waals surface area contributed by atoms with Crippen molar-refractivity contribution in [1.29, 1.82) is 0 Å². The topological polar surface area (TPSA) is 114 Å². The van der Waals surface area contributed by atoms with Crippen molar-refractivity contribution in [3.63, 3.8) is 0 Å². The highest BCUT2D eigenvalue weighted by Crippen LogP contribution is 2.21. The molecule has 0 unspecified atom stereocenters. The minimum atomic E-state index is -3.66. The van der Waals surface area contributed by atoms with E-state index in [2.05, 4.69) is 21.6 Å². The number of aliphatic imine (C=N–C) groups is 1. The maximum Gasteiger partial charge on any atom is 0.328 e. The van der Waals surface area contributed by atoms with Gasteiger partial charge in [0, 0.05) is 12.1 Å². The summed E-state index contributed by atoms with van der Waals surface area (Å²) in [5.74, 6) is -1.12. The van der Waals surface area contributed by atoms with Gasteiger partial charge < -0.3 is 10.1 Å². The number of amidine groups is 1. The number of fused-ring (bicyclic) bond motifs is 1. The van der Waals surface area contributed by atoms with Gasteiger partial charge >= 0.3 is 5.97 Å². The van der Waals surface area contributed by atoms with Crippen molar-refractivity contribution >= 4 is 27.7 Å². The summed E-state index contributed by atoms with van der Waals surface area (Å²) in [7, 11) is -3.66. The number of rotatable bonds is 6. The molecule has 2 rings (SSSR count). The van der Waals surface area contributed by atoms with E-state index >= 15 is 0 Å². The van der Waals surface area contributed by atoms with E-state index in [1.54, 1.807) is 18.2 Å². The fourth-order valence-electron chi connectivity index (χ4n) is 2.00. The van der Waals surface area contributed by atoms with Gasteiger partial charge in [-0.3, -0.25) is 19.3 Å². The van der Waals surface area contributed by atoms with Crippen LogP contribution in [0, 0.1) is 0 Å². The largest absolute Gasteiger partial charge is 0.451 e. The number of hydrogen-bond donors (Lipinski definition) is 2. The van der Waals surface area contributed by atoms with Gasteiger partial charge in [-0.2, -0.15) is 0 Å². The second-order valence-electron chi connectivity index (χ2n) is 4.93. The second-order valence-corrected chi connectivity index (χ2v) is 6.58. The summed E-state index contributed by atoms with van der Waals surface area (Å²) >= 11 is 0. The summed E-state index contributed by atoms with van der Waals surface area (Å²) in [5, 5.41) is 2.50. The lowest BCUT2D eigenvalue weighted by Crippen LogP contribution is -2.36. The lowest BCUT2D eigenvalue weighted by molar-refractivity contribution is -0.153. The molecule has 0 radical (unpaired) electrons. The Morgan fingerprint density at radius 1 is 1.42 bits per heavy atom. The van der Waals surface area contributed by atoms with Crippen molar-refractivity contribution in [2.45, 2.75) is 17.9 Å². The Morgan fingerprint density at radius 2 is 2.12 bits per heavy atom. The Kier molecular flexibility index (Phi) is 5.35. The fraction of sp³-hybridized carbons (Fsp3) is 0.267. The Morgan fingerprint density at radius 3 is 2.83 bits per heavy atom. The van der Waals surface area contributed by atoms with Gasteiger partial charge in [0.1, 0.15) is 12.4 Å². The van der Waals surface area contributed by atoms with Crippen molar-refractivity contribution < 1.29 is 22.7 Å². The van der Waals surface area contributed by atoms with Crippen LogP contribution in [0.2, 0.25) is 0 Å². The van der Waals surface area contributed by atoms with Crippen LogP contribution in [0.15, 0.2) is 46.8 Å². The quantitative estimate of drug-likeness (QED) is 0.551. The first-order chi connectivity index (χ1) is 11.3. The van der Waals surface area contributed by atoms with Crippen molar-refractivity contribution in [3.05, 3.63) is 42.5 Å². The van der Waals surface area contributed by atoms with Crippen LogP contribution in [-0.4, -0.2) is 45.3 Å². The highest BCUT2D eigenvalue weighted by Gasteiger charge is 2.30. The number of ether oxygens (including phenoxy) is 1. The summed E-state index contributed by atoms with van der Waals surface area (Å²) in [6, 6.07) is 6.30. The lowest BCUT2D eigenvalue weighted by Gasteiger charge is -2.11. The zero-order chi connectivity index (χ0) is 17.7. The highest BCUT2D eigenvalue weighted by molar-refractivity contribution is 7.90. The average Bonchev–Trinajstić information content (AvgIpc) is 2.82. The molecule has 0 spiro atoms. The third-order valence-electron chi connectivity index (χ3n) is 3.13. The lowest BCUT2D eigenvalue weighted by atomic mass is 10.2. The SMILES string of the molecule is C=CCNC(=O)[C@@H](C)OC(=O)CN=C1NS(=O)(=O)c2ccccc21. The number of amides is 1. The zero-order valence-electron chi connectivity index (χ0n) is 13.0. The van der Waals surface area contributed by atoms with E-state index in [0.29, 0.717) is 5.56 Å². The predicted octanol–water partition coefficient (Wildman–Crippen LogP) is -0.0410. The van der Waals surface area contributed by atoms with Crippen molar-refractivity contribution in [1.82, 2.24) is 10.0 Å². The zero-order valence-corrected chi connectivity index (χ0v) is 13.8. The van der Waals surface area contributed by atoms with Gasteiger partial charge in [0.2, 0.25) is 0 Å². The molecule has 1 heterocycles. The third kappa shape index (κ3) is 3.99. The molecule has 0 saturated carbocycles. The molecule has 0 fully saturated rings. The van der Waals surface area contributed by atoms with Gasteiger partial charge in [0.05, 0.1) is 4.90 Å². The molecule has 128 valence electrons. The molecule has 9 heteroatoms. The van der Waals surface area contributed by atoms with Crippen LogP contribution in [0.5, 0.6) is 0 Å². The van der Waals surface area contributed by atoms with Crippen LogP contribution in [0.25, 0.3) is 0 Å². The van der Waals surface area contributed by atoms with Crippen molar-refractivity contribution in [2.75, 3.05) is 13.1 Å². The van der Waals surface area contributed by atoms with Crippen LogP contribution in [0.3, 0.4) is 0 Å². The number of benzene rings is 1. The molecule has 24 heavy (non-hydrogen) atoms. The minimum absolute atomic E-state index is 0.0753. The Hall–Kier alpha value is -2.68. The van der Waals surface area contributed by atoms with Crippen LogP contribution in [0.4, 0.5) is 0 Å². The number of nitrogens with one attached hydrogen (secondary N) is 2. The maximum atomic E-state index is 11.9. The molecule has 1 aliphatic rings.